The van der Waals surface area contributed by atoms with Crippen LogP contribution in [0.15, 0.2) is 0 Å². The predicted molar refractivity (Wildman–Crippen MR) is 61.3 cm³/mol. The predicted octanol–water partition coefficient (Wildman–Crippen LogP) is 2.99. The molecule has 0 radical (unpaired) electrons. The topological polar surface area (TPSA) is 52.6 Å². The molecular formula is C12H19F3O4. The average molecular weight is 284 g/mol. The first-order valence-electron chi connectivity index (χ1n) is 6.16. The molecule has 0 saturated carbocycles. The Morgan fingerprint density at radius 3 is 1.79 bits per heavy atom. The number of rotatable bonds is 7. The number of hydrogen-bond donors (Lipinski definition) is 0. The fourth-order valence-electron chi connectivity index (χ4n) is 1.23. The summed E-state index contributed by atoms with van der Waals surface area (Å²) in [5.41, 5.74) is 0. The van der Waals surface area contributed by atoms with Crippen LogP contribution in [0.3, 0.4) is 0 Å². The molecule has 1 atom stereocenters. The number of carbonyl (C=O) groups excluding carboxylic acids is 2. The Balaban J connectivity index is 4.00. The Kier molecular flexibility index (Phi) is 7.48. The van der Waals surface area contributed by atoms with Gasteiger partial charge in [-0.2, -0.15) is 13.2 Å². The zero-order valence-corrected chi connectivity index (χ0v) is 11.3. The Hall–Kier alpha value is -1.27. The smallest absolute Gasteiger partial charge is 0.425 e. The number of ether oxygens (including phenoxy) is 2. The maximum absolute atomic E-state index is 12.1. The monoisotopic (exact) mass is 284 g/mol. The second-order valence-electron chi connectivity index (χ2n) is 4.10. The van der Waals surface area contributed by atoms with Gasteiger partial charge in [0.2, 0.25) is 0 Å². The van der Waals surface area contributed by atoms with Crippen molar-refractivity contribution in [3.63, 3.8) is 0 Å². The molecule has 0 aliphatic rings. The Morgan fingerprint density at radius 2 is 1.42 bits per heavy atom. The Morgan fingerprint density at radius 1 is 1.00 bits per heavy atom. The van der Waals surface area contributed by atoms with Gasteiger partial charge in [-0.15, -0.1) is 0 Å². The van der Waals surface area contributed by atoms with E-state index in [2.05, 4.69) is 4.74 Å². The van der Waals surface area contributed by atoms with E-state index in [9.17, 15) is 22.8 Å². The molecule has 19 heavy (non-hydrogen) atoms. The third-order valence-electron chi connectivity index (χ3n) is 2.51. The van der Waals surface area contributed by atoms with Crippen LogP contribution >= 0.6 is 0 Å². The van der Waals surface area contributed by atoms with E-state index in [4.69, 9.17) is 4.74 Å². The van der Waals surface area contributed by atoms with Crippen LogP contribution in [0, 0.1) is 0 Å². The molecule has 0 aliphatic heterocycles. The highest BCUT2D eigenvalue weighted by Gasteiger charge is 2.39. The lowest BCUT2D eigenvalue weighted by molar-refractivity contribution is -0.216. The lowest BCUT2D eigenvalue weighted by Gasteiger charge is -2.16. The summed E-state index contributed by atoms with van der Waals surface area (Å²) in [5.74, 6) is -1.67. The first-order valence-corrected chi connectivity index (χ1v) is 6.16. The molecule has 0 amide bonds. The van der Waals surface area contributed by atoms with Gasteiger partial charge in [0, 0.05) is 0 Å². The van der Waals surface area contributed by atoms with E-state index < -0.39 is 30.6 Å². The summed E-state index contributed by atoms with van der Waals surface area (Å²) in [6.45, 7) is 4.43. The van der Waals surface area contributed by atoms with Crippen LogP contribution in [0.2, 0.25) is 0 Å². The molecule has 0 N–H and O–H groups in total. The SMILES string of the molecule is CCC(CC)OC(=O)CCC(=O)OC(C)C(F)(F)F. The quantitative estimate of drug-likeness (QED) is 0.674. The number of hydrogen-bond acceptors (Lipinski definition) is 4. The zero-order chi connectivity index (χ0) is 15.1. The average Bonchev–Trinajstić information content (AvgIpc) is 2.32. The minimum Gasteiger partial charge on any atom is -0.462 e. The molecule has 0 aliphatic carbocycles. The summed E-state index contributed by atoms with van der Waals surface area (Å²) in [7, 11) is 0. The molecule has 4 nitrogen and oxygen atoms in total. The summed E-state index contributed by atoms with van der Waals surface area (Å²) < 4.78 is 45.5. The highest BCUT2D eigenvalue weighted by Crippen LogP contribution is 2.22. The number of carbonyl (C=O) groups is 2. The van der Waals surface area contributed by atoms with Crippen molar-refractivity contribution in [1.82, 2.24) is 0 Å². The molecule has 112 valence electrons. The van der Waals surface area contributed by atoms with Gasteiger partial charge in [0.05, 0.1) is 12.8 Å². The molecule has 0 bridgehead atoms. The van der Waals surface area contributed by atoms with Crippen molar-refractivity contribution in [2.24, 2.45) is 0 Å². The van der Waals surface area contributed by atoms with Gasteiger partial charge in [0.15, 0.2) is 6.10 Å². The van der Waals surface area contributed by atoms with Gasteiger partial charge in [0.1, 0.15) is 6.10 Å². The van der Waals surface area contributed by atoms with Crippen LogP contribution in [-0.2, 0) is 19.1 Å². The van der Waals surface area contributed by atoms with Crippen molar-refractivity contribution in [2.75, 3.05) is 0 Å². The highest BCUT2D eigenvalue weighted by molar-refractivity contribution is 5.77. The van der Waals surface area contributed by atoms with E-state index in [0.717, 1.165) is 6.92 Å². The van der Waals surface area contributed by atoms with Crippen LogP contribution in [-0.4, -0.2) is 30.3 Å². The fraction of sp³-hybridized carbons (Fsp3) is 0.833. The first-order chi connectivity index (χ1) is 8.70. The van der Waals surface area contributed by atoms with E-state index in [1.165, 1.54) is 0 Å². The van der Waals surface area contributed by atoms with E-state index in [1.54, 1.807) is 0 Å². The summed E-state index contributed by atoms with van der Waals surface area (Å²) in [5, 5.41) is 0. The van der Waals surface area contributed by atoms with E-state index >= 15 is 0 Å². The summed E-state index contributed by atoms with van der Waals surface area (Å²) >= 11 is 0. The van der Waals surface area contributed by atoms with Crippen molar-refractivity contribution in [3.8, 4) is 0 Å². The molecule has 0 rings (SSSR count). The summed E-state index contributed by atoms with van der Waals surface area (Å²) in [6, 6.07) is 0. The molecule has 0 aromatic rings. The minimum atomic E-state index is -4.59. The molecule has 0 spiro atoms. The first kappa shape index (κ1) is 17.7. The minimum absolute atomic E-state index is 0.224. The summed E-state index contributed by atoms with van der Waals surface area (Å²) in [4.78, 5) is 22.4. The van der Waals surface area contributed by atoms with Gasteiger partial charge in [0.25, 0.3) is 0 Å². The van der Waals surface area contributed by atoms with Gasteiger partial charge >= 0.3 is 18.1 Å². The van der Waals surface area contributed by atoms with Gasteiger partial charge in [-0.1, -0.05) is 13.8 Å². The van der Waals surface area contributed by atoms with Crippen molar-refractivity contribution >= 4 is 11.9 Å². The molecule has 0 aromatic heterocycles. The van der Waals surface area contributed by atoms with E-state index in [0.29, 0.717) is 12.8 Å². The van der Waals surface area contributed by atoms with Crippen molar-refractivity contribution in [3.05, 3.63) is 0 Å². The molecule has 0 saturated heterocycles. The van der Waals surface area contributed by atoms with Gasteiger partial charge in [-0.25, -0.2) is 0 Å². The van der Waals surface area contributed by atoms with Crippen molar-refractivity contribution in [1.29, 1.82) is 0 Å². The highest BCUT2D eigenvalue weighted by atomic mass is 19.4. The third-order valence-corrected chi connectivity index (χ3v) is 2.51. The van der Waals surface area contributed by atoms with Crippen LogP contribution in [0.25, 0.3) is 0 Å². The molecule has 7 heteroatoms. The number of alkyl halides is 3. The third kappa shape index (κ3) is 7.69. The van der Waals surface area contributed by atoms with Crippen molar-refractivity contribution < 1.29 is 32.2 Å². The molecule has 0 aromatic carbocycles. The number of esters is 2. The summed E-state index contributed by atoms with van der Waals surface area (Å²) in [6.07, 6.45) is -6.38. The number of halogens is 3. The normalized spacial score (nSPS) is 13.2. The van der Waals surface area contributed by atoms with Crippen LogP contribution in [0.5, 0.6) is 0 Å². The Labute approximate surface area is 110 Å². The molecule has 0 fully saturated rings. The van der Waals surface area contributed by atoms with Gasteiger partial charge < -0.3 is 9.47 Å². The van der Waals surface area contributed by atoms with Crippen LogP contribution < -0.4 is 0 Å². The van der Waals surface area contributed by atoms with Gasteiger partial charge in [-0.3, -0.25) is 9.59 Å². The Bertz CT molecular complexity index is 298. The molecule has 1 unspecified atom stereocenters. The second-order valence-corrected chi connectivity index (χ2v) is 4.10. The van der Waals surface area contributed by atoms with E-state index in [1.807, 2.05) is 13.8 Å². The largest absolute Gasteiger partial charge is 0.462 e. The fourth-order valence-corrected chi connectivity index (χ4v) is 1.23. The maximum atomic E-state index is 12.1. The lowest BCUT2D eigenvalue weighted by atomic mass is 10.2. The second kappa shape index (κ2) is 8.01. The maximum Gasteiger partial charge on any atom is 0.425 e. The van der Waals surface area contributed by atoms with Crippen molar-refractivity contribution in [2.45, 2.75) is 64.8 Å². The van der Waals surface area contributed by atoms with Crippen LogP contribution in [0.4, 0.5) is 13.2 Å². The lowest BCUT2D eigenvalue weighted by Crippen LogP contribution is -2.31. The van der Waals surface area contributed by atoms with E-state index in [-0.39, 0.29) is 12.5 Å². The molecule has 0 heterocycles. The van der Waals surface area contributed by atoms with Gasteiger partial charge in [-0.05, 0) is 19.8 Å². The van der Waals surface area contributed by atoms with Crippen LogP contribution in [0.1, 0.15) is 46.5 Å². The molecular weight excluding hydrogens is 265 g/mol. The zero-order valence-electron chi connectivity index (χ0n) is 11.3. The standard InChI is InChI=1S/C12H19F3O4/c1-4-9(5-2)19-11(17)7-6-10(16)18-8(3)12(13,14)15/h8-9H,4-7H2,1-3H3.